The molecule has 178 valence electrons. The van der Waals surface area contributed by atoms with Crippen molar-refractivity contribution in [1.82, 2.24) is 9.57 Å². The van der Waals surface area contributed by atoms with Gasteiger partial charge in [0, 0.05) is 18.9 Å². The molecule has 0 radical (unpaired) electrons. The van der Waals surface area contributed by atoms with Crippen LogP contribution in [0.15, 0.2) is 29.7 Å². The van der Waals surface area contributed by atoms with E-state index < -0.39 is 37.9 Å². The molecule has 0 aliphatic carbocycles. The predicted molar refractivity (Wildman–Crippen MR) is 116 cm³/mol. The molecule has 5 atom stereocenters. The number of fused-ring (bicyclic) bond motifs is 1. The van der Waals surface area contributed by atoms with Crippen LogP contribution in [0.1, 0.15) is 13.8 Å². The van der Waals surface area contributed by atoms with E-state index in [0.717, 1.165) is 11.8 Å². The molecule has 0 spiro atoms. The molecule has 0 aromatic rings. The summed E-state index contributed by atoms with van der Waals surface area (Å²) < 4.78 is 42.4. The molecule has 2 saturated heterocycles. The van der Waals surface area contributed by atoms with Gasteiger partial charge in [0.25, 0.3) is 0 Å². The van der Waals surface area contributed by atoms with Gasteiger partial charge in [-0.15, -0.1) is 0 Å². The Hall–Kier alpha value is -1.89. The standard InChI is InChI=1S/C18H27N4O8PS/c1-11-20-14(19)6-7-22(11)16-18(3)15(29-17(24)30-18)13(28-16)10-27-31(25,21(4)5)26-8-9-32-12(2)23/h6-7,13,15-16H,1,8-10H2,2-5H3,(H2,19,20)/t13-,15+,16-,18?,31?/m1/s1. The van der Waals surface area contributed by atoms with Crippen LogP contribution in [0.5, 0.6) is 0 Å². The Balaban J connectivity index is 1.71. The molecular formula is C18H27N4O8PS. The molecule has 3 aliphatic heterocycles. The van der Waals surface area contributed by atoms with E-state index >= 15 is 0 Å². The van der Waals surface area contributed by atoms with Crippen molar-refractivity contribution in [3.63, 3.8) is 0 Å². The predicted octanol–water partition coefficient (Wildman–Crippen LogP) is 1.65. The number of carbonyl (C=O) groups is 2. The fraction of sp³-hybridized carbons (Fsp3) is 0.611. The van der Waals surface area contributed by atoms with E-state index in [9.17, 15) is 14.2 Å². The van der Waals surface area contributed by atoms with Gasteiger partial charge in [0.15, 0.2) is 23.0 Å². The molecule has 2 unspecified atom stereocenters. The number of nitrogens with two attached hydrogens (primary N) is 1. The molecular weight excluding hydrogens is 463 g/mol. The zero-order valence-electron chi connectivity index (χ0n) is 18.3. The van der Waals surface area contributed by atoms with E-state index in [4.69, 9.17) is 29.0 Å². The number of aliphatic imine (C=N–C) groups is 1. The van der Waals surface area contributed by atoms with E-state index in [2.05, 4.69) is 11.6 Å². The third kappa shape index (κ3) is 5.03. The maximum Gasteiger partial charge on any atom is 0.509 e. The minimum absolute atomic E-state index is 0.0465. The first-order valence-corrected chi connectivity index (χ1v) is 12.2. The van der Waals surface area contributed by atoms with Crippen molar-refractivity contribution in [2.45, 2.75) is 37.9 Å². The van der Waals surface area contributed by atoms with Gasteiger partial charge in [0.2, 0.25) is 0 Å². The summed E-state index contributed by atoms with van der Waals surface area (Å²) in [6.07, 6.45) is -0.158. The van der Waals surface area contributed by atoms with Crippen LogP contribution in [-0.4, -0.2) is 83.8 Å². The second-order valence-corrected chi connectivity index (χ2v) is 11.1. The third-order valence-electron chi connectivity index (χ3n) is 4.97. The molecule has 12 nitrogen and oxygen atoms in total. The highest BCUT2D eigenvalue weighted by Gasteiger charge is 2.65. The highest BCUT2D eigenvalue weighted by Crippen LogP contribution is 2.52. The van der Waals surface area contributed by atoms with Crippen LogP contribution in [0.3, 0.4) is 0 Å². The van der Waals surface area contributed by atoms with Crippen LogP contribution in [0.2, 0.25) is 0 Å². The largest absolute Gasteiger partial charge is 0.509 e. The topological polar surface area (TPSA) is 142 Å². The van der Waals surface area contributed by atoms with Gasteiger partial charge in [-0.3, -0.25) is 13.8 Å². The Morgan fingerprint density at radius 3 is 2.81 bits per heavy atom. The minimum Gasteiger partial charge on any atom is -0.424 e. The number of ether oxygens (including phenoxy) is 3. The molecule has 3 rings (SSSR count). The fourth-order valence-corrected chi connectivity index (χ4v) is 5.20. The number of amidine groups is 1. The van der Waals surface area contributed by atoms with Crippen molar-refractivity contribution in [3.8, 4) is 0 Å². The van der Waals surface area contributed by atoms with Gasteiger partial charge in [0.1, 0.15) is 17.8 Å². The zero-order chi connectivity index (χ0) is 23.7. The van der Waals surface area contributed by atoms with Crippen LogP contribution < -0.4 is 5.73 Å². The summed E-state index contributed by atoms with van der Waals surface area (Å²) in [6.45, 7) is 6.80. The lowest BCUT2D eigenvalue weighted by molar-refractivity contribution is -0.109. The molecule has 3 heterocycles. The van der Waals surface area contributed by atoms with Crippen LogP contribution in [-0.2, 0) is 32.6 Å². The highest BCUT2D eigenvalue weighted by molar-refractivity contribution is 8.13. The molecule has 2 fully saturated rings. The molecule has 0 aromatic carbocycles. The second kappa shape index (κ2) is 9.54. The normalized spacial score (nSPS) is 31.2. The smallest absolute Gasteiger partial charge is 0.424 e. The molecule has 2 N–H and O–H groups in total. The molecule has 0 saturated carbocycles. The summed E-state index contributed by atoms with van der Waals surface area (Å²) in [6, 6.07) is 0. The van der Waals surface area contributed by atoms with E-state index in [1.165, 1.54) is 11.6 Å². The number of hydrogen-bond acceptors (Lipinski definition) is 12. The van der Waals surface area contributed by atoms with Crippen LogP contribution >= 0.6 is 19.5 Å². The second-order valence-electron chi connectivity index (χ2n) is 7.56. The lowest BCUT2D eigenvalue weighted by atomic mass is 9.96. The first-order valence-electron chi connectivity index (χ1n) is 9.71. The van der Waals surface area contributed by atoms with E-state index in [0.29, 0.717) is 11.6 Å². The number of rotatable bonds is 9. The Kier molecular flexibility index (Phi) is 7.38. The Morgan fingerprint density at radius 2 is 2.19 bits per heavy atom. The molecule has 0 aromatic heterocycles. The van der Waals surface area contributed by atoms with Gasteiger partial charge >= 0.3 is 13.9 Å². The average Bonchev–Trinajstić information content (AvgIpc) is 3.13. The third-order valence-corrected chi connectivity index (χ3v) is 7.71. The Morgan fingerprint density at radius 1 is 1.47 bits per heavy atom. The van der Waals surface area contributed by atoms with Crippen molar-refractivity contribution in [2.24, 2.45) is 10.7 Å². The number of carbonyl (C=O) groups excluding carboxylic acids is 2. The molecule has 32 heavy (non-hydrogen) atoms. The van der Waals surface area contributed by atoms with Gasteiger partial charge in [-0.25, -0.2) is 19.0 Å². The number of nitrogens with zero attached hydrogens (tertiary/aromatic N) is 3. The van der Waals surface area contributed by atoms with Gasteiger partial charge in [0.05, 0.1) is 13.2 Å². The summed E-state index contributed by atoms with van der Waals surface area (Å²) >= 11 is 1.06. The van der Waals surface area contributed by atoms with Crippen LogP contribution in [0.4, 0.5) is 4.79 Å². The number of thioether (sulfide) groups is 1. The lowest BCUT2D eigenvalue weighted by Crippen LogP contribution is -2.50. The Bertz CT molecular complexity index is 896. The molecule has 0 bridgehead atoms. The summed E-state index contributed by atoms with van der Waals surface area (Å²) in [4.78, 5) is 28.7. The monoisotopic (exact) mass is 490 g/mol. The van der Waals surface area contributed by atoms with Crippen molar-refractivity contribution in [3.05, 3.63) is 24.7 Å². The summed E-state index contributed by atoms with van der Waals surface area (Å²) in [5.41, 5.74) is 4.49. The maximum atomic E-state index is 13.1. The van der Waals surface area contributed by atoms with Crippen molar-refractivity contribution in [2.75, 3.05) is 33.1 Å². The van der Waals surface area contributed by atoms with Gasteiger partial charge in [-0.1, -0.05) is 18.3 Å². The minimum atomic E-state index is -3.69. The first-order chi connectivity index (χ1) is 15.0. The average molecular weight is 490 g/mol. The van der Waals surface area contributed by atoms with E-state index in [-0.39, 0.29) is 24.2 Å². The zero-order valence-corrected chi connectivity index (χ0v) is 20.0. The number of hydrogen-bond donors (Lipinski definition) is 1. The maximum absolute atomic E-state index is 13.1. The van der Waals surface area contributed by atoms with Crippen LogP contribution in [0.25, 0.3) is 0 Å². The first kappa shape index (κ1) is 24.7. The summed E-state index contributed by atoms with van der Waals surface area (Å²) in [5, 5.41) is -0.0682. The molecule has 0 amide bonds. The fourth-order valence-electron chi connectivity index (χ4n) is 3.43. The van der Waals surface area contributed by atoms with Gasteiger partial charge in [-0.05, 0) is 27.1 Å². The lowest BCUT2D eigenvalue weighted by Gasteiger charge is -2.35. The van der Waals surface area contributed by atoms with E-state index in [1.54, 1.807) is 38.2 Å². The van der Waals surface area contributed by atoms with Gasteiger partial charge in [-0.2, -0.15) is 0 Å². The SMILES string of the molecule is C=C1N=C(N)C=CN1[C@@H]1O[C@H](COP(=O)(OCCSC(C)=O)N(C)C)[C@@H]2OC(=O)OC21C. The molecule has 14 heteroatoms. The quantitative estimate of drug-likeness (QED) is 0.285. The Labute approximate surface area is 190 Å². The van der Waals surface area contributed by atoms with Crippen LogP contribution in [0, 0.1) is 0 Å². The van der Waals surface area contributed by atoms with Crippen molar-refractivity contribution in [1.29, 1.82) is 0 Å². The summed E-state index contributed by atoms with van der Waals surface area (Å²) in [5.74, 6) is 0.903. The van der Waals surface area contributed by atoms with Crippen molar-refractivity contribution < 1.29 is 37.4 Å². The summed E-state index contributed by atoms with van der Waals surface area (Å²) in [7, 11) is -0.593. The highest BCUT2D eigenvalue weighted by atomic mass is 32.2. The van der Waals surface area contributed by atoms with E-state index in [1.807, 2.05) is 0 Å². The van der Waals surface area contributed by atoms with Crippen molar-refractivity contribution >= 4 is 36.6 Å². The molecule has 3 aliphatic rings. The van der Waals surface area contributed by atoms with Gasteiger partial charge < -0.3 is 24.8 Å².